The van der Waals surface area contributed by atoms with Gasteiger partial charge >= 0.3 is 0 Å². The monoisotopic (exact) mass is 267 g/mol. The number of carbonyl (C=O) groups excluding carboxylic acids is 1. The minimum absolute atomic E-state index is 0.0490. The topological polar surface area (TPSA) is 58.6 Å². The summed E-state index contributed by atoms with van der Waals surface area (Å²) < 4.78 is 5.01. The maximum absolute atomic E-state index is 11.8. The molecule has 1 aromatic carbocycles. The van der Waals surface area contributed by atoms with Crippen LogP contribution in [-0.4, -0.2) is 36.2 Å². The van der Waals surface area contributed by atoms with E-state index in [-0.39, 0.29) is 17.2 Å². The summed E-state index contributed by atoms with van der Waals surface area (Å²) in [6.07, 6.45) is 1.82. The van der Waals surface area contributed by atoms with Gasteiger partial charge in [0, 0.05) is 18.1 Å². The van der Waals surface area contributed by atoms with E-state index in [4.69, 9.17) is 4.74 Å². The molecule has 1 rings (SSSR count). The number of carbonyl (C=O) groups is 1. The Morgan fingerprint density at radius 2 is 2.39 bits per heavy atom. The van der Waals surface area contributed by atoms with E-state index >= 15 is 0 Å². The van der Waals surface area contributed by atoms with Crippen LogP contribution >= 0.6 is 11.8 Å². The number of aromatic hydroxyl groups is 1. The summed E-state index contributed by atoms with van der Waals surface area (Å²) in [6, 6.07) is 4.56. The van der Waals surface area contributed by atoms with Crippen LogP contribution < -0.4 is 10.1 Å². The fraction of sp³-hybridized carbons (Fsp3) is 0.308. The van der Waals surface area contributed by atoms with Crippen molar-refractivity contribution in [3.05, 3.63) is 36.4 Å². The van der Waals surface area contributed by atoms with Crippen molar-refractivity contribution in [2.75, 3.05) is 25.2 Å². The first-order chi connectivity index (χ1) is 8.69. The molecule has 98 valence electrons. The maximum Gasteiger partial charge on any atom is 0.255 e. The van der Waals surface area contributed by atoms with Gasteiger partial charge in [0.05, 0.1) is 12.7 Å². The predicted molar refractivity (Wildman–Crippen MR) is 74.5 cm³/mol. The molecule has 0 atom stereocenters. The lowest BCUT2D eigenvalue weighted by Crippen LogP contribution is -2.25. The Morgan fingerprint density at radius 3 is 3.06 bits per heavy atom. The lowest BCUT2D eigenvalue weighted by Gasteiger charge is -2.08. The molecule has 0 saturated carbocycles. The van der Waals surface area contributed by atoms with Gasteiger partial charge in [-0.05, 0) is 18.2 Å². The SMILES string of the molecule is C=CCSCCNC(=O)c1cc(OC)ccc1O. The molecule has 0 aliphatic heterocycles. The average Bonchev–Trinajstić information content (AvgIpc) is 2.39. The van der Waals surface area contributed by atoms with Gasteiger partial charge in [0.15, 0.2) is 0 Å². The van der Waals surface area contributed by atoms with Crippen molar-refractivity contribution in [1.82, 2.24) is 5.32 Å². The summed E-state index contributed by atoms with van der Waals surface area (Å²) in [6.45, 7) is 4.17. The Hall–Kier alpha value is -1.62. The number of benzene rings is 1. The number of thioether (sulfide) groups is 1. The fourth-order valence-corrected chi connectivity index (χ4v) is 1.90. The highest BCUT2D eigenvalue weighted by Gasteiger charge is 2.11. The average molecular weight is 267 g/mol. The molecule has 4 nitrogen and oxygen atoms in total. The molecular weight excluding hydrogens is 250 g/mol. The summed E-state index contributed by atoms with van der Waals surface area (Å²) >= 11 is 1.68. The Kier molecular flexibility index (Phi) is 6.14. The van der Waals surface area contributed by atoms with Crippen LogP contribution in [-0.2, 0) is 0 Å². The van der Waals surface area contributed by atoms with Crippen molar-refractivity contribution >= 4 is 17.7 Å². The highest BCUT2D eigenvalue weighted by Crippen LogP contribution is 2.22. The first-order valence-electron chi connectivity index (χ1n) is 5.53. The number of amides is 1. The normalized spacial score (nSPS) is 9.83. The number of rotatable bonds is 7. The highest BCUT2D eigenvalue weighted by molar-refractivity contribution is 7.99. The first-order valence-corrected chi connectivity index (χ1v) is 6.68. The third-order valence-electron chi connectivity index (χ3n) is 2.22. The summed E-state index contributed by atoms with van der Waals surface area (Å²) in [5, 5.41) is 12.3. The van der Waals surface area contributed by atoms with Crippen LogP contribution in [0.4, 0.5) is 0 Å². The molecule has 1 amide bonds. The van der Waals surface area contributed by atoms with Gasteiger partial charge < -0.3 is 15.2 Å². The van der Waals surface area contributed by atoms with Gasteiger partial charge in [-0.25, -0.2) is 0 Å². The summed E-state index contributed by atoms with van der Waals surface area (Å²) in [7, 11) is 1.51. The Labute approximate surface area is 111 Å². The third kappa shape index (κ3) is 4.33. The van der Waals surface area contributed by atoms with Crippen molar-refractivity contribution in [2.45, 2.75) is 0 Å². The molecule has 0 bridgehead atoms. The standard InChI is InChI=1S/C13H17NO3S/c1-3-7-18-8-6-14-13(16)11-9-10(17-2)4-5-12(11)15/h3-5,9,15H,1,6-8H2,2H3,(H,14,16). The number of phenolic OH excluding ortho intramolecular Hbond substituents is 1. The van der Waals surface area contributed by atoms with Crippen molar-refractivity contribution in [2.24, 2.45) is 0 Å². The van der Waals surface area contributed by atoms with Crippen LogP contribution in [0.2, 0.25) is 0 Å². The zero-order valence-electron chi connectivity index (χ0n) is 10.3. The molecule has 5 heteroatoms. The molecule has 0 radical (unpaired) electrons. The van der Waals surface area contributed by atoms with Gasteiger partial charge in [-0.2, -0.15) is 11.8 Å². The van der Waals surface area contributed by atoms with Gasteiger partial charge in [0.1, 0.15) is 11.5 Å². The van der Waals surface area contributed by atoms with Crippen LogP contribution in [0.3, 0.4) is 0 Å². The smallest absolute Gasteiger partial charge is 0.255 e. The molecule has 0 spiro atoms. The Morgan fingerprint density at radius 1 is 1.61 bits per heavy atom. The fourth-order valence-electron chi connectivity index (χ4n) is 1.32. The summed E-state index contributed by atoms with van der Waals surface area (Å²) in [4.78, 5) is 11.8. The number of phenols is 1. The molecule has 0 aliphatic carbocycles. The first kappa shape index (κ1) is 14.4. The highest BCUT2D eigenvalue weighted by atomic mass is 32.2. The minimum Gasteiger partial charge on any atom is -0.507 e. The van der Waals surface area contributed by atoms with Crippen molar-refractivity contribution < 1.29 is 14.6 Å². The van der Waals surface area contributed by atoms with E-state index in [1.54, 1.807) is 17.8 Å². The summed E-state index contributed by atoms with van der Waals surface area (Å²) in [5.74, 6) is 1.86. The molecule has 0 unspecified atom stereocenters. The molecule has 0 saturated heterocycles. The quantitative estimate of drug-likeness (QED) is 0.586. The van der Waals surface area contributed by atoms with E-state index in [0.29, 0.717) is 12.3 Å². The van der Waals surface area contributed by atoms with Gasteiger partial charge in [0.2, 0.25) is 0 Å². The second-order valence-electron chi connectivity index (χ2n) is 3.50. The van der Waals surface area contributed by atoms with Crippen LogP contribution in [0.15, 0.2) is 30.9 Å². The van der Waals surface area contributed by atoms with Crippen LogP contribution in [0.25, 0.3) is 0 Å². The van der Waals surface area contributed by atoms with E-state index < -0.39 is 0 Å². The van der Waals surface area contributed by atoms with E-state index in [0.717, 1.165) is 11.5 Å². The van der Waals surface area contributed by atoms with E-state index in [1.807, 2.05) is 6.08 Å². The lowest BCUT2D eigenvalue weighted by atomic mass is 10.2. The van der Waals surface area contributed by atoms with Crippen LogP contribution in [0, 0.1) is 0 Å². The van der Waals surface area contributed by atoms with E-state index in [9.17, 15) is 9.90 Å². The van der Waals surface area contributed by atoms with E-state index in [2.05, 4.69) is 11.9 Å². The molecule has 0 aromatic heterocycles. The maximum atomic E-state index is 11.8. The molecule has 1 aromatic rings. The van der Waals surface area contributed by atoms with Crippen LogP contribution in [0.1, 0.15) is 10.4 Å². The minimum atomic E-state index is -0.300. The number of ether oxygens (including phenoxy) is 1. The van der Waals surface area contributed by atoms with Gasteiger partial charge in [-0.15, -0.1) is 6.58 Å². The van der Waals surface area contributed by atoms with Gasteiger partial charge in [0.25, 0.3) is 5.91 Å². The largest absolute Gasteiger partial charge is 0.507 e. The second kappa shape index (κ2) is 7.66. The zero-order valence-corrected chi connectivity index (χ0v) is 11.1. The van der Waals surface area contributed by atoms with Gasteiger partial charge in [-0.1, -0.05) is 6.08 Å². The van der Waals surface area contributed by atoms with E-state index in [1.165, 1.54) is 19.2 Å². The predicted octanol–water partition coefficient (Wildman–Crippen LogP) is 2.05. The zero-order chi connectivity index (χ0) is 13.4. The lowest BCUT2D eigenvalue weighted by molar-refractivity contribution is 0.0953. The molecule has 18 heavy (non-hydrogen) atoms. The molecule has 0 fully saturated rings. The molecular formula is C13H17NO3S. The molecule has 0 aliphatic rings. The Balaban J connectivity index is 2.52. The summed E-state index contributed by atoms with van der Waals surface area (Å²) in [5.41, 5.74) is 0.225. The molecule has 2 N–H and O–H groups in total. The van der Waals surface area contributed by atoms with Crippen molar-refractivity contribution in [1.29, 1.82) is 0 Å². The second-order valence-corrected chi connectivity index (χ2v) is 4.65. The number of nitrogens with one attached hydrogen (secondary N) is 1. The number of hydrogen-bond acceptors (Lipinski definition) is 4. The van der Waals surface area contributed by atoms with Crippen LogP contribution in [0.5, 0.6) is 11.5 Å². The molecule has 0 heterocycles. The van der Waals surface area contributed by atoms with Gasteiger partial charge in [-0.3, -0.25) is 4.79 Å². The van der Waals surface area contributed by atoms with Crippen molar-refractivity contribution in [3.8, 4) is 11.5 Å². The number of hydrogen-bond donors (Lipinski definition) is 2. The Bertz CT molecular complexity index is 421. The third-order valence-corrected chi connectivity index (χ3v) is 3.18. The number of methoxy groups -OCH3 is 1. The van der Waals surface area contributed by atoms with Crippen molar-refractivity contribution in [3.63, 3.8) is 0 Å².